The SMILES string of the molecule is O=C1CCC(N2C(=O)c3cccc(N4CC[CH]CC4)c3C2=O)C(=O)N1. The summed E-state index contributed by atoms with van der Waals surface area (Å²) in [6, 6.07) is 4.32. The maximum absolute atomic E-state index is 13.0. The highest BCUT2D eigenvalue weighted by Crippen LogP contribution is 2.35. The average Bonchev–Trinajstić information content (AvgIpc) is 2.87. The van der Waals surface area contributed by atoms with Gasteiger partial charge in [0.05, 0.1) is 16.8 Å². The second-order valence-electron chi connectivity index (χ2n) is 6.50. The number of rotatable bonds is 2. The Labute approximate surface area is 145 Å². The summed E-state index contributed by atoms with van der Waals surface area (Å²) in [5.74, 6) is -1.86. The van der Waals surface area contributed by atoms with E-state index in [4.69, 9.17) is 0 Å². The Kier molecular flexibility index (Phi) is 3.78. The van der Waals surface area contributed by atoms with Gasteiger partial charge in [-0.05, 0) is 37.8 Å². The van der Waals surface area contributed by atoms with Crippen molar-refractivity contribution in [2.24, 2.45) is 0 Å². The normalized spacial score (nSPS) is 23.8. The van der Waals surface area contributed by atoms with Crippen LogP contribution in [0.15, 0.2) is 18.2 Å². The van der Waals surface area contributed by atoms with E-state index in [1.807, 2.05) is 6.07 Å². The van der Waals surface area contributed by atoms with E-state index in [-0.39, 0.29) is 18.7 Å². The number of hydrogen-bond acceptors (Lipinski definition) is 5. The van der Waals surface area contributed by atoms with Crippen molar-refractivity contribution in [3.8, 4) is 0 Å². The lowest BCUT2D eigenvalue weighted by Gasteiger charge is -2.30. The van der Waals surface area contributed by atoms with Crippen LogP contribution in [0.4, 0.5) is 5.69 Å². The number of nitrogens with zero attached hydrogens (tertiary/aromatic N) is 2. The minimum Gasteiger partial charge on any atom is -0.371 e. The van der Waals surface area contributed by atoms with Gasteiger partial charge in [0.15, 0.2) is 0 Å². The largest absolute Gasteiger partial charge is 0.371 e. The molecule has 1 N–H and O–H groups in total. The number of carbonyl (C=O) groups is 4. The third-order valence-corrected chi connectivity index (χ3v) is 4.99. The third-order valence-electron chi connectivity index (χ3n) is 4.99. The number of piperidine rings is 2. The maximum Gasteiger partial charge on any atom is 0.264 e. The van der Waals surface area contributed by atoms with E-state index < -0.39 is 23.8 Å². The van der Waals surface area contributed by atoms with Crippen molar-refractivity contribution in [3.05, 3.63) is 35.7 Å². The first-order valence-electron chi connectivity index (χ1n) is 8.49. The lowest BCUT2D eigenvalue weighted by Crippen LogP contribution is -2.54. The molecule has 0 spiro atoms. The molecule has 1 aromatic rings. The van der Waals surface area contributed by atoms with Crippen LogP contribution in [-0.4, -0.2) is 47.7 Å². The minimum absolute atomic E-state index is 0.124. The molecule has 2 saturated heterocycles. The van der Waals surface area contributed by atoms with Crippen LogP contribution in [0.25, 0.3) is 0 Å². The van der Waals surface area contributed by atoms with Gasteiger partial charge in [0.2, 0.25) is 11.8 Å². The third kappa shape index (κ3) is 2.50. The van der Waals surface area contributed by atoms with Gasteiger partial charge in [-0.3, -0.25) is 29.4 Å². The van der Waals surface area contributed by atoms with Crippen LogP contribution in [-0.2, 0) is 9.59 Å². The van der Waals surface area contributed by atoms with Crippen molar-refractivity contribution in [2.45, 2.75) is 31.7 Å². The van der Waals surface area contributed by atoms with Crippen LogP contribution in [0.3, 0.4) is 0 Å². The lowest BCUT2D eigenvalue weighted by molar-refractivity contribution is -0.136. The summed E-state index contributed by atoms with van der Waals surface area (Å²) in [4.78, 5) is 52.4. The van der Waals surface area contributed by atoms with Crippen LogP contribution in [0.1, 0.15) is 46.4 Å². The molecule has 7 heteroatoms. The Balaban J connectivity index is 1.70. The molecule has 0 aromatic heterocycles. The molecule has 1 unspecified atom stereocenters. The first kappa shape index (κ1) is 15.8. The molecule has 7 nitrogen and oxygen atoms in total. The van der Waals surface area contributed by atoms with Crippen LogP contribution < -0.4 is 10.2 Å². The summed E-state index contributed by atoms with van der Waals surface area (Å²) in [5.41, 5.74) is 1.46. The van der Waals surface area contributed by atoms with Gasteiger partial charge in [-0.25, -0.2) is 0 Å². The van der Waals surface area contributed by atoms with Crippen LogP contribution in [0.5, 0.6) is 0 Å². The smallest absolute Gasteiger partial charge is 0.264 e. The van der Waals surface area contributed by atoms with Crippen molar-refractivity contribution < 1.29 is 19.2 Å². The highest BCUT2D eigenvalue weighted by Gasteiger charge is 2.46. The Morgan fingerprint density at radius 1 is 1.00 bits per heavy atom. The van der Waals surface area contributed by atoms with Gasteiger partial charge in [-0.2, -0.15) is 0 Å². The first-order valence-corrected chi connectivity index (χ1v) is 8.49. The van der Waals surface area contributed by atoms with Gasteiger partial charge >= 0.3 is 0 Å². The van der Waals surface area contributed by atoms with Gasteiger partial charge in [0, 0.05) is 19.5 Å². The highest BCUT2D eigenvalue weighted by atomic mass is 16.2. The zero-order chi connectivity index (χ0) is 17.6. The predicted octanol–water partition coefficient (Wildman–Crippen LogP) is 0.892. The number of amides is 4. The molecule has 25 heavy (non-hydrogen) atoms. The van der Waals surface area contributed by atoms with Crippen LogP contribution in [0, 0.1) is 6.42 Å². The number of anilines is 1. The van der Waals surface area contributed by atoms with Crippen molar-refractivity contribution in [1.29, 1.82) is 0 Å². The molecular weight excluding hydrogens is 322 g/mol. The van der Waals surface area contributed by atoms with Gasteiger partial charge in [0.25, 0.3) is 11.8 Å². The molecule has 2 fully saturated rings. The Morgan fingerprint density at radius 3 is 2.48 bits per heavy atom. The molecule has 1 atom stereocenters. The van der Waals surface area contributed by atoms with Crippen LogP contribution >= 0.6 is 0 Å². The number of carbonyl (C=O) groups excluding carboxylic acids is 4. The predicted molar refractivity (Wildman–Crippen MR) is 88.9 cm³/mol. The summed E-state index contributed by atoms with van der Waals surface area (Å²) in [5, 5.41) is 2.21. The van der Waals surface area contributed by atoms with E-state index in [2.05, 4.69) is 16.6 Å². The van der Waals surface area contributed by atoms with Crippen molar-refractivity contribution in [1.82, 2.24) is 10.2 Å². The van der Waals surface area contributed by atoms with Crippen LogP contribution in [0.2, 0.25) is 0 Å². The molecule has 3 aliphatic rings. The Hall–Kier alpha value is -2.70. The fraction of sp³-hybridized carbons (Fsp3) is 0.389. The number of hydrogen-bond donors (Lipinski definition) is 1. The average molecular weight is 340 g/mol. The standard InChI is InChI=1S/C18H18N3O4/c22-14-8-7-13(16(23)19-14)21-17(24)11-5-4-6-12(15(11)18(21)25)20-9-2-1-3-10-20/h1,4-6,13H,2-3,7-10H2,(H,19,22,23). The molecular formula is C18H18N3O4. The van der Waals surface area contributed by atoms with E-state index in [0.29, 0.717) is 11.1 Å². The zero-order valence-corrected chi connectivity index (χ0v) is 13.7. The molecule has 0 aliphatic carbocycles. The van der Waals surface area contributed by atoms with Crippen molar-refractivity contribution >= 4 is 29.3 Å². The van der Waals surface area contributed by atoms with Gasteiger partial charge < -0.3 is 4.90 Å². The van der Waals surface area contributed by atoms with E-state index in [1.54, 1.807) is 12.1 Å². The summed E-state index contributed by atoms with van der Waals surface area (Å²) in [6.07, 6.45) is 4.37. The molecule has 1 aromatic carbocycles. The first-order chi connectivity index (χ1) is 12.1. The van der Waals surface area contributed by atoms with Crippen molar-refractivity contribution in [3.63, 3.8) is 0 Å². The molecule has 3 aliphatic heterocycles. The molecule has 1 radical (unpaired) electrons. The maximum atomic E-state index is 13.0. The number of nitrogens with one attached hydrogen (secondary N) is 1. The van der Waals surface area contributed by atoms with Gasteiger partial charge in [0.1, 0.15) is 6.04 Å². The highest BCUT2D eigenvalue weighted by molar-refractivity contribution is 6.25. The van der Waals surface area contributed by atoms with Crippen molar-refractivity contribution in [2.75, 3.05) is 18.0 Å². The minimum atomic E-state index is -0.923. The lowest BCUT2D eigenvalue weighted by atomic mass is 10.0. The fourth-order valence-corrected chi connectivity index (χ4v) is 3.75. The monoisotopic (exact) mass is 340 g/mol. The fourth-order valence-electron chi connectivity index (χ4n) is 3.75. The summed E-state index contributed by atoms with van der Waals surface area (Å²) >= 11 is 0. The molecule has 0 bridgehead atoms. The second kappa shape index (κ2) is 5.98. The van der Waals surface area contributed by atoms with E-state index >= 15 is 0 Å². The summed E-state index contributed by atoms with van der Waals surface area (Å²) < 4.78 is 0. The quantitative estimate of drug-likeness (QED) is 0.808. The molecule has 0 saturated carbocycles. The second-order valence-corrected chi connectivity index (χ2v) is 6.50. The van der Waals surface area contributed by atoms with Gasteiger partial charge in [-0.15, -0.1) is 0 Å². The number of imide groups is 2. The Morgan fingerprint density at radius 2 is 1.76 bits per heavy atom. The summed E-state index contributed by atoms with van der Waals surface area (Å²) in [7, 11) is 0. The summed E-state index contributed by atoms with van der Waals surface area (Å²) in [6.45, 7) is 1.60. The number of fused-ring (bicyclic) bond motifs is 1. The molecule has 3 heterocycles. The van der Waals surface area contributed by atoms with Gasteiger partial charge in [-0.1, -0.05) is 6.07 Å². The molecule has 4 rings (SSSR count). The van der Waals surface area contributed by atoms with E-state index in [0.717, 1.165) is 36.5 Å². The van der Waals surface area contributed by atoms with E-state index in [9.17, 15) is 19.2 Å². The van der Waals surface area contributed by atoms with E-state index in [1.165, 1.54) is 0 Å². The zero-order valence-electron chi connectivity index (χ0n) is 13.7. The number of benzene rings is 1. The Bertz CT molecular complexity index is 783. The molecule has 129 valence electrons. The molecule has 4 amide bonds. The topological polar surface area (TPSA) is 86.8 Å².